The summed E-state index contributed by atoms with van der Waals surface area (Å²) in [6.07, 6.45) is 0. The second-order valence-corrected chi connectivity index (χ2v) is 8.02. The Labute approximate surface area is 110 Å². The molecule has 1 aromatic rings. The molecule has 0 saturated heterocycles. The van der Waals surface area contributed by atoms with Crippen molar-refractivity contribution in [3.8, 4) is 0 Å². The van der Waals surface area contributed by atoms with Crippen LogP contribution in [0.4, 0.5) is 0 Å². The molecule has 0 radical (unpaired) electrons. The van der Waals surface area contributed by atoms with Crippen LogP contribution in [0.1, 0.15) is 49.1 Å². The first-order valence-corrected chi connectivity index (χ1v) is 7.29. The van der Waals surface area contributed by atoms with Crippen LogP contribution in [-0.2, 0) is 0 Å². The van der Waals surface area contributed by atoms with E-state index in [1.807, 2.05) is 11.3 Å². The molecule has 0 aromatic carbocycles. The van der Waals surface area contributed by atoms with Crippen molar-refractivity contribution in [1.82, 2.24) is 5.32 Å². The summed E-state index contributed by atoms with van der Waals surface area (Å²) in [5.74, 6) is 0.729. The van der Waals surface area contributed by atoms with E-state index in [1.165, 1.54) is 15.3 Å². The van der Waals surface area contributed by atoms with E-state index in [4.69, 9.17) is 0 Å². The molecule has 1 aliphatic rings. The van der Waals surface area contributed by atoms with Gasteiger partial charge in [-0.2, -0.15) is 0 Å². The van der Waals surface area contributed by atoms with Crippen LogP contribution in [-0.4, -0.2) is 7.05 Å². The maximum absolute atomic E-state index is 3.55. The van der Waals surface area contributed by atoms with Crippen molar-refractivity contribution in [2.45, 2.75) is 47.6 Å². The maximum atomic E-state index is 3.55. The lowest BCUT2D eigenvalue weighted by molar-refractivity contribution is 0.437. The fourth-order valence-corrected chi connectivity index (χ4v) is 4.51. The fraction of sp³-hybridized carbons (Fsp3) is 0.733. The zero-order chi connectivity index (χ0) is 13.0. The molecule has 96 valence electrons. The lowest BCUT2D eigenvalue weighted by atomic mass is 9.97. The van der Waals surface area contributed by atoms with E-state index in [1.54, 1.807) is 0 Å². The van der Waals surface area contributed by atoms with Crippen molar-refractivity contribution in [2.24, 2.45) is 16.7 Å². The molecule has 0 spiro atoms. The van der Waals surface area contributed by atoms with Crippen LogP contribution in [0.25, 0.3) is 0 Å². The fourth-order valence-electron chi connectivity index (χ4n) is 3.54. The highest BCUT2D eigenvalue weighted by molar-refractivity contribution is 7.12. The quantitative estimate of drug-likeness (QED) is 0.844. The van der Waals surface area contributed by atoms with Gasteiger partial charge in [-0.15, -0.1) is 11.3 Å². The van der Waals surface area contributed by atoms with Crippen LogP contribution in [0.15, 0.2) is 6.07 Å². The summed E-state index contributed by atoms with van der Waals surface area (Å²) in [5.41, 5.74) is 2.38. The Kier molecular flexibility index (Phi) is 2.95. The second kappa shape index (κ2) is 3.83. The van der Waals surface area contributed by atoms with E-state index in [-0.39, 0.29) is 0 Å². The SMILES string of the molecule is CNC(c1cc(C)sc1C)C1C(C)(C)C1(C)C. The molecule has 2 heteroatoms. The van der Waals surface area contributed by atoms with Crippen LogP contribution in [0.3, 0.4) is 0 Å². The topological polar surface area (TPSA) is 12.0 Å². The minimum atomic E-state index is 0.433. The predicted molar refractivity (Wildman–Crippen MR) is 76.6 cm³/mol. The van der Waals surface area contributed by atoms with Gasteiger partial charge in [0.2, 0.25) is 0 Å². The van der Waals surface area contributed by atoms with Gasteiger partial charge in [-0.05, 0) is 49.3 Å². The minimum absolute atomic E-state index is 0.433. The van der Waals surface area contributed by atoms with Crippen molar-refractivity contribution in [1.29, 1.82) is 0 Å². The van der Waals surface area contributed by atoms with Gasteiger partial charge in [-0.1, -0.05) is 27.7 Å². The molecule has 0 bridgehead atoms. The van der Waals surface area contributed by atoms with Gasteiger partial charge < -0.3 is 5.32 Å². The van der Waals surface area contributed by atoms with Crippen LogP contribution >= 0.6 is 11.3 Å². The number of nitrogens with one attached hydrogen (secondary N) is 1. The van der Waals surface area contributed by atoms with Crippen molar-refractivity contribution < 1.29 is 0 Å². The first-order chi connectivity index (χ1) is 7.73. The number of hydrogen-bond acceptors (Lipinski definition) is 2. The van der Waals surface area contributed by atoms with Gasteiger partial charge in [0.1, 0.15) is 0 Å². The molecule has 0 aliphatic heterocycles. The van der Waals surface area contributed by atoms with Gasteiger partial charge in [0.25, 0.3) is 0 Å². The van der Waals surface area contributed by atoms with Gasteiger partial charge >= 0.3 is 0 Å². The standard InChI is InChI=1S/C15H25NS/c1-9-8-11(10(2)17-9)12(16-7)13-14(3,4)15(13,5)6/h8,12-13,16H,1-7H3. The third-order valence-electron chi connectivity index (χ3n) is 5.19. The second-order valence-electron chi connectivity index (χ2n) is 6.56. The van der Waals surface area contributed by atoms with E-state index in [9.17, 15) is 0 Å². The highest BCUT2D eigenvalue weighted by Gasteiger charge is 2.67. The smallest absolute Gasteiger partial charge is 0.0367 e. The average molecular weight is 251 g/mol. The normalized spacial score (nSPS) is 23.7. The van der Waals surface area contributed by atoms with Gasteiger partial charge in [-0.25, -0.2) is 0 Å². The summed E-state index contributed by atoms with van der Waals surface area (Å²) in [7, 11) is 2.10. The summed E-state index contributed by atoms with van der Waals surface area (Å²) >= 11 is 1.92. The van der Waals surface area contributed by atoms with Crippen LogP contribution in [0.5, 0.6) is 0 Å². The van der Waals surface area contributed by atoms with Gasteiger partial charge in [-0.3, -0.25) is 0 Å². The Morgan fingerprint density at radius 1 is 1.18 bits per heavy atom. The van der Waals surface area contributed by atoms with E-state index >= 15 is 0 Å². The molecule has 1 N–H and O–H groups in total. The minimum Gasteiger partial charge on any atom is -0.313 e. The molecule has 1 aliphatic carbocycles. The maximum Gasteiger partial charge on any atom is 0.0367 e. The molecule has 1 aromatic heterocycles. The van der Waals surface area contributed by atoms with Gasteiger partial charge in [0, 0.05) is 15.8 Å². The molecule has 1 saturated carbocycles. The van der Waals surface area contributed by atoms with Gasteiger partial charge in [0.15, 0.2) is 0 Å². The summed E-state index contributed by atoms with van der Waals surface area (Å²) in [5, 5.41) is 3.55. The van der Waals surface area contributed by atoms with E-state index in [0.717, 1.165) is 5.92 Å². The molecule has 1 heterocycles. The summed E-state index contributed by atoms with van der Waals surface area (Å²) in [4.78, 5) is 2.90. The average Bonchev–Trinajstić information content (AvgIpc) is 2.50. The van der Waals surface area contributed by atoms with E-state index < -0.39 is 0 Å². The molecular weight excluding hydrogens is 226 g/mol. The number of rotatable bonds is 3. The molecule has 1 nitrogen and oxygen atoms in total. The van der Waals surface area contributed by atoms with Gasteiger partial charge in [0.05, 0.1) is 0 Å². The molecule has 1 unspecified atom stereocenters. The number of hydrogen-bond donors (Lipinski definition) is 1. The molecule has 1 atom stereocenters. The largest absolute Gasteiger partial charge is 0.313 e. The molecule has 2 rings (SSSR count). The summed E-state index contributed by atoms with van der Waals surface area (Å²) in [6, 6.07) is 2.87. The molecule has 0 amide bonds. The highest BCUT2D eigenvalue weighted by Crippen LogP contribution is 2.72. The monoisotopic (exact) mass is 251 g/mol. The predicted octanol–water partition coefficient (Wildman–Crippen LogP) is 4.31. The van der Waals surface area contributed by atoms with Crippen molar-refractivity contribution in [3.63, 3.8) is 0 Å². The first-order valence-electron chi connectivity index (χ1n) is 6.47. The van der Waals surface area contributed by atoms with Crippen LogP contribution in [0.2, 0.25) is 0 Å². The molecule has 1 fully saturated rings. The molecular formula is C15H25NS. The summed E-state index contributed by atoms with van der Waals surface area (Å²) in [6.45, 7) is 14.1. The lowest BCUT2D eigenvalue weighted by Crippen LogP contribution is -2.21. The Balaban J connectivity index is 2.34. The van der Waals surface area contributed by atoms with Crippen LogP contribution in [0, 0.1) is 30.6 Å². The Bertz CT molecular complexity index is 414. The zero-order valence-electron chi connectivity index (χ0n) is 12.1. The highest BCUT2D eigenvalue weighted by atomic mass is 32.1. The number of thiophene rings is 1. The Hall–Kier alpha value is -0.340. The zero-order valence-corrected chi connectivity index (χ0v) is 13.0. The third kappa shape index (κ3) is 1.77. The Morgan fingerprint density at radius 2 is 1.71 bits per heavy atom. The van der Waals surface area contributed by atoms with E-state index in [2.05, 4.69) is 60.0 Å². The lowest BCUT2D eigenvalue weighted by Gasteiger charge is -2.18. The van der Waals surface area contributed by atoms with Crippen molar-refractivity contribution in [3.05, 3.63) is 21.4 Å². The third-order valence-corrected chi connectivity index (χ3v) is 6.17. The Morgan fingerprint density at radius 3 is 2.00 bits per heavy atom. The van der Waals surface area contributed by atoms with Crippen LogP contribution < -0.4 is 5.32 Å². The summed E-state index contributed by atoms with van der Waals surface area (Å²) < 4.78 is 0. The molecule has 17 heavy (non-hydrogen) atoms. The number of aryl methyl sites for hydroxylation is 2. The van der Waals surface area contributed by atoms with Crippen molar-refractivity contribution in [2.75, 3.05) is 7.05 Å². The first kappa shape index (κ1) is 13.1. The van der Waals surface area contributed by atoms with E-state index in [0.29, 0.717) is 16.9 Å². The van der Waals surface area contributed by atoms with Crippen molar-refractivity contribution >= 4 is 11.3 Å².